The number of hydrogen-bond acceptors (Lipinski definition) is 4. The smallest absolute Gasteiger partial charge is 0.277 e. The Morgan fingerprint density at radius 3 is 2.76 bits per heavy atom. The fraction of sp³-hybridized carbons (Fsp3) is 0.533. The molecule has 1 aliphatic carbocycles. The molecular weight excluding hydrogens is 332 g/mol. The molecule has 0 aliphatic heterocycles. The maximum absolute atomic E-state index is 5.47. The van der Waals surface area contributed by atoms with E-state index in [9.17, 15) is 0 Å². The Hall–Kier alpha value is -1.43. The van der Waals surface area contributed by atoms with Crippen LogP contribution in [-0.2, 0) is 12.5 Å². The van der Waals surface area contributed by atoms with E-state index in [1.165, 1.54) is 18.4 Å². The van der Waals surface area contributed by atoms with Gasteiger partial charge in [0.05, 0.1) is 10.7 Å². The van der Waals surface area contributed by atoms with Crippen molar-refractivity contribution in [3.8, 4) is 11.6 Å². The summed E-state index contributed by atoms with van der Waals surface area (Å²) in [6, 6.07) is 0. The molecule has 2 aromatic heterocycles. The van der Waals surface area contributed by atoms with Gasteiger partial charge in [-0.2, -0.15) is 10.1 Å². The third kappa shape index (κ3) is 2.57. The van der Waals surface area contributed by atoms with Crippen LogP contribution in [0.3, 0.4) is 0 Å². The molecule has 0 saturated carbocycles. The molecule has 0 saturated heterocycles. The van der Waals surface area contributed by atoms with Crippen LogP contribution in [0.15, 0.2) is 26.8 Å². The van der Waals surface area contributed by atoms with Crippen LogP contribution in [0.5, 0.6) is 0 Å². The van der Waals surface area contributed by atoms with Gasteiger partial charge in [-0.15, -0.1) is 0 Å². The van der Waals surface area contributed by atoms with E-state index in [1.54, 1.807) is 10.9 Å². The van der Waals surface area contributed by atoms with Crippen LogP contribution in [-0.4, -0.2) is 19.9 Å². The monoisotopic (exact) mass is 350 g/mol. The molecule has 3 rings (SSSR count). The molecule has 2 aromatic rings. The second-order valence-electron chi connectivity index (χ2n) is 5.99. The Kier molecular flexibility index (Phi) is 3.73. The lowest BCUT2D eigenvalue weighted by atomic mass is 9.78. The third-order valence-corrected chi connectivity index (χ3v) is 4.76. The zero-order chi connectivity index (χ0) is 15.0. The summed E-state index contributed by atoms with van der Waals surface area (Å²) >= 11 is 3.47. The van der Waals surface area contributed by atoms with Gasteiger partial charge in [-0.1, -0.05) is 16.8 Å². The summed E-state index contributed by atoms with van der Waals surface area (Å²) in [5.41, 5.74) is 2.03. The highest BCUT2D eigenvalue weighted by atomic mass is 79.9. The van der Waals surface area contributed by atoms with Crippen molar-refractivity contribution in [2.75, 3.05) is 0 Å². The number of allylic oxidation sites excluding steroid dienone is 2. The molecule has 5 nitrogen and oxygen atoms in total. The summed E-state index contributed by atoms with van der Waals surface area (Å²) in [7, 11) is 1.86. The zero-order valence-electron chi connectivity index (χ0n) is 12.6. The van der Waals surface area contributed by atoms with E-state index < -0.39 is 0 Å². The molecule has 0 unspecified atom stereocenters. The summed E-state index contributed by atoms with van der Waals surface area (Å²) < 4.78 is 8.06. The van der Waals surface area contributed by atoms with Crippen molar-refractivity contribution in [1.29, 1.82) is 0 Å². The largest absolute Gasteiger partial charge is 0.332 e. The van der Waals surface area contributed by atoms with Crippen LogP contribution in [0.4, 0.5) is 0 Å². The standard InChI is InChI=1S/C15H19BrN4O/c1-15(2,10-7-5-4-6-8-10)14-18-13(21-19-14)12-11(16)9-17-20(12)3/h7,9H,4-6,8H2,1-3H3. The topological polar surface area (TPSA) is 56.7 Å². The summed E-state index contributed by atoms with van der Waals surface area (Å²) in [4.78, 5) is 4.61. The predicted molar refractivity (Wildman–Crippen MR) is 83.8 cm³/mol. The molecule has 0 atom stereocenters. The summed E-state index contributed by atoms with van der Waals surface area (Å²) in [5.74, 6) is 1.24. The lowest BCUT2D eigenvalue weighted by Crippen LogP contribution is -2.23. The highest BCUT2D eigenvalue weighted by Crippen LogP contribution is 2.36. The zero-order valence-corrected chi connectivity index (χ0v) is 14.1. The lowest BCUT2D eigenvalue weighted by molar-refractivity contribution is 0.400. The summed E-state index contributed by atoms with van der Waals surface area (Å²) in [6.07, 6.45) is 8.85. The number of nitrogens with zero attached hydrogens (tertiary/aromatic N) is 4. The second kappa shape index (κ2) is 5.40. The predicted octanol–water partition coefficient (Wildman–Crippen LogP) is 4.01. The molecule has 0 radical (unpaired) electrons. The van der Waals surface area contributed by atoms with Crippen molar-refractivity contribution in [3.63, 3.8) is 0 Å². The number of rotatable bonds is 3. The molecule has 21 heavy (non-hydrogen) atoms. The first-order chi connectivity index (χ1) is 10.00. The average molecular weight is 351 g/mol. The maximum Gasteiger partial charge on any atom is 0.277 e. The van der Waals surface area contributed by atoms with Gasteiger partial charge in [-0.25, -0.2) is 0 Å². The van der Waals surface area contributed by atoms with E-state index in [1.807, 2.05) is 7.05 Å². The average Bonchev–Trinajstić information content (AvgIpc) is 3.07. The van der Waals surface area contributed by atoms with Crippen LogP contribution in [0.2, 0.25) is 0 Å². The van der Waals surface area contributed by atoms with Gasteiger partial charge >= 0.3 is 0 Å². The minimum atomic E-state index is -0.187. The molecule has 1 aliphatic rings. The van der Waals surface area contributed by atoms with Crippen LogP contribution >= 0.6 is 15.9 Å². The first-order valence-electron chi connectivity index (χ1n) is 7.21. The van der Waals surface area contributed by atoms with Gasteiger partial charge in [0, 0.05) is 12.5 Å². The Bertz CT molecular complexity index is 664. The van der Waals surface area contributed by atoms with Gasteiger partial charge in [-0.3, -0.25) is 4.68 Å². The van der Waals surface area contributed by atoms with Crippen molar-refractivity contribution < 1.29 is 4.52 Å². The molecule has 0 N–H and O–H groups in total. The summed E-state index contributed by atoms with van der Waals surface area (Å²) in [5, 5.41) is 8.40. The normalized spacial score (nSPS) is 16.1. The molecule has 112 valence electrons. The first kappa shape index (κ1) is 14.5. The molecule has 0 aromatic carbocycles. The van der Waals surface area contributed by atoms with Gasteiger partial charge in [0.2, 0.25) is 0 Å². The van der Waals surface area contributed by atoms with Crippen molar-refractivity contribution in [2.45, 2.75) is 44.9 Å². The molecule has 0 fully saturated rings. The fourth-order valence-electron chi connectivity index (χ4n) is 2.77. The molecular formula is C15H19BrN4O. The van der Waals surface area contributed by atoms with E-state index in [0.29, 0.717) is 5.89 Å². The van der Waals surface area contributed by atoms with Crippen LogP contribution in [0.1, 0.15) is 45.4 Å². The third-order valence-electron chi connectivity index (χ3n) is 4.18. The van der Waals surface area contributed by atoms with E-state index in [2.05, 4.69) is 51.1 Å². The quantitative estimate of drug-likeness (QED) is 0.784. The van der Waals surface area contributed by atoms with Crippen LogP contribution < -0.4 is 0 Å². The van der Waals surface area contributed by atoms with Gasteiger partial charge in [0.25, 0.3) is 5.89 Å². The van der Waals surface area contributed by atoms with Gasteiger partial charge in [0.1, 0.15) is 5.69 Å². The Labute approximate surface area is 132 Å². The molecule has 0 bridgehead atoms. The van der Waals surface area contributed by atoms with E-state index in [0.717, 1.165) is 28.8 Å². The van der Waals surface area contributed by atoms with E-state index in [4.69, 9.17) is 4.52 Å². The van der Waals surface area contributed by atoms with E-state index in [-0.39, 0.29) is 5.41 Å². The summed E-state index contributed by atoms with van der Waals surface area (Å²) in [6.45, 7) is 4.33. The van der Waals surface area contributed by atoms with Gasteiger partial charge in [-0.05, 0) is 55.5 Å². The van der Waals surface area contributed by atoms with Gasteiger partial charge < -0.3 is 4.52 Å². The van der Waals surface area contributed by atoms with E-state index >= 15 is 0 Å². The van der Waals surface area contributed by atoms with Crippen molar-refractivity contribution in [2.24, 2.45) is 7.05 Å². The highest BCUT2D eigenvalue weighted by molar-refractivity contribution is 9.10. The first-order valence-corrected chi connectivity index (χ1v) is 8.01. The molecule has 0 spiro atoms. The second-order valence-corrected chi connectivity index (χ2v) is 6.84. The minimum absolute atomic E-state index is 0.187. The Morgan fingerprint density at radius 1 is 1.33 bits per heavy atom. The Balaban J connectivity index is 1.96. The number of hydrogen-bond donors (Lipinski definition) is 0. The number of aromatic nitrogens is 4. The van der Waals surface area contributed by atoms with Crippen LogP contribution in [0.25, 0.3) is 11.6 Å². The highest BCUT2D eigenvalue weighted by Gasteiger charge is 2.32. The minimum Gasteiger partial charge on any atom is -0.332 e. The lowest BCUT2D eigenvalue weighted by Gasteiger charge is -2.27. The van der Waals surface area contributed by atoms with Crippen molar-refractivity contribution in [3.05, 3.63) is 28.1 Å². The SMILES string of the molecule is Cn1ncc(Br)c1-c1nc(C(C)(C)C2=CCCCC2)no1. The molecule has 2 heterocycles. The molecule has 0 amide bonds. The van der Waals surface area contributed by atoms with Crippen molar-refractivity contribution in [1.82, 2.24) is 19.9 Å². The maximum atomic E-state index is 5.47. The number of aryl methyl sites for hydroxylation is 1. The number of halogens is 1. The van der Waals surface area contributed by atoms with Crippen LogP contribution in [0, 0.1) is 0 Å². The molecule has 6 heteroatoms. The van der Waals surface area contributed by atoms with Crippen molar-refractivity contribution >= 4 is 15.9 Å². The fourth-order valence-corrected chi connectivity index (χ4v) is 3.29. The van der Waals surface area contributed by atoms with Gasteiger partial charge in [0.15, 0.2) is 5.82 Å². The Morgan fingerprint density at radius 2 is 2.14 bits per heavy atom.